The normalized spacial score (nSPS) is 16.5. The summed E-state index contributed by atoms with van der Waals surface area (Å²) in [6, 6.07) is 13.7. The molecule has 0 unspecified atom stereocenters. The Morgan fingerprint density at radius 2 is 1.79 bits per heavy atom. The van der Waals surface area contributed by atoms with Crippen LogP contribution in [0.2, 0.25) is 0 Å². The van der Waals surface area contributed by atoms with Crippen molar-refractivity contribution in [3.8, 4) is 0 Å². The first kappa shape index (κ1) is 16.8. The van der Waals surface area contributed by atoms with Gasteiger partial charge in [0.25, 0.3) is 0 Å². The topological polar surface area (TPSA) is 37.3 Å². The van der Waals surface area contributed by atoms with Crippen molar-refractivity contribution in [1.29, 1.82) is 0 Å². The van der Waals surface area contributed by atoms with Crippen LogP contribution in [0.15, 0.2) is 47.4 Å². The Morgan fingerprint density at radius 3 is 2.46 bits per heavy atom. The predicted molar refractivity (Wildman–Crippen MR) is 102 cm³/mol. The van der Waals surface area contributed by atoms with E-state index in [1.54, 1.807) is 12.1 Å². The Balaban J connectivity index is 1.92. The van der Waals surface area contributed by atoms with Crippen LogP contribution in [0.1, 0.15) is 54.2 Å². The minimum absolute atomic E-state index is 0.222. The molecule has 3 rings (SSSR count). The lowest BCUT2D eigenvalue weighted by Crippen LogP contribution is -2.22. The average molecular weight is 338 g/mol. The average Bonchev–Trinajstić information content (AvgIpc) is 2.55. The molecular formula is C21H22O2S. The van der Waals surface area contributed by atoms with E-state index in [0.717, 1.165) is 5.56 Å². The van der Waals surface area contributed by atoms with Gasteiger partial charge in [0, 0.05) is 4.90 Å². The number of aromatic carboxylic acids is 1. The van der Waals surface area contributed by atoms with Gasteiger partial charge in [-0.1, -0.05) is 38.1 Å². The minimum atomic E-state index is -0.892. The molecule has 24 heavy (non-hydrogen) atoms. The van der Waals surface area contributed by atoms with E-state index < -0.39 is 5.97 Å². The quantitative estimate of drug-likeness (QED) is 0.727. The first-order chi connectivity index (χ1) is 11.4. The van der Waals surface area contributed by atoms with Gasteiger partial charge >= 0.3 is 5.97 Å². The maximum Gasteiger partial charge on any atom is 0.335 e. The van der Waals surface area contributed by atoms with Gasteiger partial charge in [0.1, 0.15) is 0 Å². The molecule has 0 radical (unpaired) electrons. The number of allylic oxidation sites excluding steroid dienone is 1. The summed E-state index contributed by atoms with van der Waals surface area (Å²) in [5.41, 5.74) is 5.41. The van der Waals surface area contributed by atoms with Crippen molar-refractivity contribution in [3.63, 3.8) is 0 Å². The molecule has 1 aliphatic rings. The molecule has 2 nitrogen and oxygen atoms in total. The summed E-state index contributed by atoms with van der Waals surface area (Å²) in [4.78, 5) is 12.3. The molecule has 3 heteroatoms. The van der Waals surface area contributed by atoms with Crippen LogP contribution in [0, 0.1) is 0 Å². The Bertz CT molecular complexity index is 801. The molecule has 2 aromatic carbocycles. The Kier molecular flexibility index (Phi) is 4.55. The molecule has 1 aliphatic heterocycles. The van der Waals surface area contributed by atoms with Gasteiger partial charge in [-0.25, -0.2) is 4.79 Å². The fraction of sp³-hybridized carbons (Fsp3) is 0.286. The molecule has 0 atom stereocenters. The van der Waals surface area contributed by atoms with Gasteiger partial charge in [-0.05, 0) is 71.0 Å². The van der Waals surface area contributed by atoms with E-state index in [0.29, 0.717) is 5.56 Å². The van der Waals surface area contributed by atoms with Crippen LogP contribution in [0.25, 0.3) is 11.6 Å². The van der Waals surface area contributed by atoms with Gasteiger partial charge in [-0.3, -0.25) is 0 Å². The van der Waals surface area contributed by atoms with Crippen LogP contribution in [0.4, 0.5) is 0 Å². The van der Waals surface area contributed by atoms with Gasteiger partial charge in [0.05, 0.1) is 5.56 Å². The first-order valence-electron chi connectivity index (χ1n) is 8.16. The van der Waals surface area contributed by atoms with E-state index in [1.165, 1.54) is 33.8 Å². The lowest BCUT2D eigenvalue weighted by Gasteiger charge is -2.32. The molecule has 0 saturated carbocycles. The predicted octanol–water partition coefficient (Wildman–Crippen LogP) is 5.72. The first-order valence-corrected chi connectivity index (χ1v) is 9.15. The molecule has 2 aromatic rings. The number of carbonyl (C=O) groups is 1. The number of thioether (sulfide) groups is 1. The van der Waals surface area contributed by atoms with E-state index in [9.17, 15) is 4.79 Å². The largest absolute Gasteiger partial charge is 0.478 e. The van der Waals surface area contributed by atoms with Crippen LogP contribution in [0.5, 0.6) is 0 Å². The summed E-state index contributed by atoms with van der Waals surface area (Å²) in [5.74, 6) is 0.293. The third-order valence-corrected chi connectivity index (χ3v) is 5.76. The van der Waals surface area contributed by atoms with Crippen molar-refractivity contribution in [2.45, 2.75) is 37.5 Å². The van der Waals surface area contributed by atoms with E-state index in [2.05, 4.69) is 45.0 Å². The van der Waals surface area contributed by atoms with Crippen molar-refractivity contribution < 1.29 is 9.90 Å². The van der Waals surface area contributed by atoms with Gasteiger partial charge in [0.15, 0.2) is 0 Å². The monoisotopic (exact) mass is 338 g/mol. The number of hydrogen-bond acceptors (Lipinski definition) is 2. The van der Waals surface area contributed by atoms with E-state index in [4.69, 9.17) is 5.11 Å². The fourth-order valence-electron chi connectivity index (χ4n) is 3.04. The van der Waals surface area contributed by atoms with E-state index in [-0.39, 0.29) is 5.41 Å². The maximum atomic E-state index is 10.9. The fourth-order valence-corrected chi connectivity index (χ4v) is 4.52. The van der Waals surface area contributed by atoms with Crippen LogP contribution >= 0.6 is 11.8 Å². The molecule has 1 N–H and O–H groups in total. The van der Waals surface area contributed by atoms with Crippen LogP contribution < -0.4 is 0 Å². The number of rotatable bonds is 3. The maximum absolute atomic E-state index is 10.9. The van der Waals surface area contributed by atoms with Crippen molar-refractivity contribution in [2.75, 3.05) is 5.75 Å². The number of carboxylic acid groups (broad SMARTS) is 1. The molecule has 0 spiro atoms. The highest BCUT2D eigenvalue weighted by atomic mass is 32.2. The zero-order valence-electron chi connectivity index (χ0n) is 14.3. The van der Waals surface area contributed by atoms with Crippen molar-refractivity contribution in [3.05, 3.63) is 64.7 Å². The number of fused-ring (bicyclic) bond motifs is 1. The second kappa shape index (κ2) is 6.48. The molecule has 1 heterocycles. The summed E-state index contributed by atoms with van der Waals surface area (Å²) >= 11 is 1.94. The Labute approximate surface area is 147 Å². The van der Waals surface area contributed by atoms with E-state index in [1.807, 2.05) is 23.9 Å². The Morgan fingerprint density at radius 1 is 1.12 bits per heavy atom. The highest BCUT2D eigenvalue weighted by molar-refractivity contribution is 7.99. The summed E-state index contributed by atoms with van der Waals surface area (Å²) in [6.07, 6.45) is 3.31. The van der Waals surface area contributed by atoms with Crippen LogP contribution in [-0.4, -0.2) is 16.8 Å². The smallest absolute Gasteiger partial charge is 0.335 e. The summed E-state index contributed by atoms with van der Waals surface area (Å²) < 4.78 is 0. The summed E-state index contributed by atoms with van der Waals surface area (Å²) in [6.45, 7) is 6.74. The van der Waals surface area contributed by atoms with E-state index >= 15 is 0 Å². The van der Waals surface area contributed by atoms with Crippen LogP contribution in [-0.2, 0) is 5.41 Å². The number of carboxylic acids is 1. The molecule has 124 valence electrons. The van der Waals surface area contributed by atoms with Crippen molar-refractivity contribution in [1.82, 2.24) is 0 Å². The molecule has 0 aromatic heterocycles. The van der Waals surface area contributed by atoms with Gasteiger partial charge in [-0.2, -0.15) is 0 Å². The number of benzene rings is 2. The zero-order chi connectivity index (χ0) is 17.3. The van der Waals surface area contributed by atoms with Crippen molar-refractivity contribution >= 4 is 29.4 Å². The lowest BCUT2D eigenvalue weighted by atomic mass is 9.80. The lowest BCUT2D eigenvalue weighted by molar-refractivity contribution is 0.0697. The second-order valence-corrected chi connectivity index (χ2v) is 8.08. The molecule has 0 bridgehead atoms. The second-order valence-electron chi connectivity index (χ2n) is 6.95. The molecular weight excluding hydrogens is 316 g/mol. The van der Waals surface area contributed by atoms with Gasteiger partial charge in [-0.15, -0.1) is 11.8 Å². The summed E-state index contributed by atoms with van der Waals surface area (Å²) in [7, 11) is 0. The Hall–Kier alpha value is -2.00. The SMILES string of the molecule is C/C(=C/c1ccc(C(=O)O)cc1)c1ccc2c(c1)C(C)(C)CCS2. The van der Waals surface area contributed by atoms with Crippen molar-refractivity contribution in [2.24, 2.45) is 0 Å². The summed E-state index contributed by atoms with van der Waals surface area (Å²) in [5, 5.41) is 8.98. The molecule has 0 aliphatic carbocycles. The molecule has 0 saturated heterocycles. The molecule has 0 amide bonds. The minimum Gasteiger partial charge on any atom is -0.478 e. The molecule has 0 fully saturated rings. The third kappa shape index (κ3) is 3.41. The highest BCUT2D eigenvalue weighted by Crippen LogP contribution is 2.42. The van der Waals surface area contributed by atoms with Crippen LogP contribution in [0.3, 0.4) is 0 Å². The number of hydrogen-bond donors (Lipinski definition) is 1. The standard InChI is InChI=1S/C21H22O2S/c1-14(12-15-4-6-16(7-5-15)20(22)23)17-8-9-19-18(13-17)21(2,3)10-11-24-19/h4-9,12-13H,10-11H2,1-3H3,(H,22,23)/b14-12-. The third-order valence-electron chi connectivity index (χ3n) is 4.69. The zero-order valence-corrected chi connectivity index (χ0v) is 15.1. The van der Waals surface area contributed by atoms with Gasteiger partial charge in [0.2, 0.25) is 0 Å². The highest BCUT2D eigenvalue weighted by Gasteiger charge is 2.27. The van der Waals surface area contributed by atoms with Gasteiger partial charge < -0.3 is 5.11 Å².